The van der Waals surface area contributed by atoms with Crippen LogP contribution in [0.25, 0.3) is 10.7 Å². The molecule has 1 amide bonds. The number of carbonyl (C=O) groups is 2. The number of anilines is 1. The normalized spacial score (nSPS) is 11.8. The summed E-state index contributed by atoms with van der Waals surface area (Å²) in [5.74, 6) is -0.120. The standard InChI is InChI=1S/C18H16ClN3O4S/c1-11(18(24)20-13-6-4-12(19)5-7-13)25-16(23)9-8-15-21-17(22-26-15)14-3-2-10-27-14/h2-7,10-11H,8-9H2,1H3,(H,20,24)/t11-/m0/s1. The fraction of sp³-hybridized carbons (Fsp3) is 0.222. The second-order valence-electron chi connectivity index (χ2n) is 5.62. The maximum atomic E-state index is 12.1. The highest BCUT2D eigenvalue weighted by Crippen LogP contribution is 2.21. The number of benzene rings is 1. The Bertz CT molecular complexity index is 909. The number of ether oxygens (including phenoxy) is 1. The lowest BCUT2D eigenvalue weighted by Gasteiger charge is -2.13. The molecule has 140 valence electrons. The monoisotopic (exact) mass is 405 g/mol. The smallest absolute Gasteiger partial charge is 0.307 e. The third-order valence-corrected chi connectivity index (χ3v) is 4.66. The number of halogens is 1. The van der Waals surface area contributed by atoms with Gasteiger partial charge < -0.3 is 14.6 Å². The van der Waals surface area contributed by atoms with E-state index >= 15 is 0 Å². The van der Waals surface area contributed by atoms with Crippen molar-refractivity contribution in [3.63, 3.8) is 0 Å². The number of aromatic nitrogens is 2. The lowest BCUT2D eigenvalue weighted by atomic mass is 10.3. The van der Waals surface area contributed by atoms with Crippen molar-refractivity contribution in [1.29, 1.82) is 0 Å². The topological polar surface area (TPSA) is 94.3 Å². The molecule has 0 fully saturated rings. The number of rotatable bonds is 7. The summed E-state index contributed by atoms with van der Waals surface area (Å²) in [6.07, 6.45) is -0.662. The number of aryl methyl sites for hydroxylation is 1. The van der Waals surface area contributed by atoms with Gasteiger partial charge in [-0.1, -0.05) is 22.8 Å². The fourth-order valence-corrected chi connectivity index (χ4v) is 2.93. The molecule has 7 nitrogen and oxygen atoms in total. The van der Waals surface area contributed by atoms with E-state index in [4.69, 9.17) is 20.9 Å². The van der Waals surface area contributed by atoms with E-state index in [0.29, 0.717) is 22.4 Å². The van der Waals surface area contributed by atoms with E-state index < -0.39 is 18.0 Å². The van der Waals surface area contributed by atoms with E-state index in [-0.39, 0.29) is 12.8 Å². The summed E-state index contributed by atoms with van der Waals surface area (Å²) >= 11 is 7.29. The van der Waals surface area contributed by atoms with Crippen molar-refractivity contribution in [2.24, 2.45) is 0 Å². The van der Waals surface area contributed by atoms with E-state index in [9.17, 15) is 9.59 Å². The van der Waals surface area contributed by atoms with Gasteiger partial charge in [0.2, 0.25) is 11.7 Å². The zero-order valence-electron chi connectivity index (χ0n) is 14.3. The number of nitrogens with zero attached hydrogens (tertiary/aromatic N) is 2. The van der Waals surface area contributed by atoms with Crippen LogP contribution in [0.15, 0.2) is 46.3 Å². The number of amides is 1. The van der Waals surface area contributed by atoms with Gasteiger partial charge in [0.15, 0.2) is 6.10 Å². The van der Waals surface area contributed by atoms with Crippen molar-refractivity contribution < 1.29 is 18.8 Å². The molecule has 1 aromatic carbocycles. The van der Waals surface area contributed by atoms with Gasteiger partial charge in [-0.25, -0.2) is 0 Å². The van der Waals surface area contributed by atoms with Crippen LogP contribution in [0.2, 0.25) is 5.02 Å². The molecule has 0 aliphatic heterocycles. The Morgan fingerprint density at radius 2 is 2.07 bits per heavy atom. The van der Waals surface area contributed by atoms with E-state index in [1.54, 1.807) is 24.3 Å². The molecule has 9 heteroatoms. The van der Waals surface area contributed by atoms with Crippen LogP contribution in [0, 0.1) is 0 Å². The Balaban J connectivity index is 1.45. The summed E-state index contributed by atoms with van der Waals surface area (Å²) in [4.78, 5) is 29.2. The van der Waals surface area contributed by atoms with Crippen molar-refractivity contribution >= 4 is 40.5 Å². The molecule has 3 aromatic rings. The molecule has 27 heavy (non-hydrogen) atoms. The minimum Gasteiger partial charge on any atom is -0.453 e. The quantitative estimate of drug-likeness (QED) is 0.598. The van der Waals surface area contributed by atoms with Crippen molar-refractivity contribution in [2.45, 2.75) is 25.9 Å². The van der Waals surface area contributed by atoms with Crippen molar-refractivity contribution in [1.82, 2.24) is 10.1 Å². The van der Waals surface area contributed by atoms with Crippen LogP contribution in [-0.4, -0.2) is 28.1 Å². The molecule has 0 spiro atoms. The van der Waals surface area contributed by atoms with E-state index in [1.165, 1.54) is 18.3 Å². The number of hydrogen-bond donors (Lipinski definition) is 1. The first-order valence-corrected chi connectivity index (χ1v) is 9.39. The Morgan fingerprint density at radius 1 is 1.30 bits per heavy atom. The van der Waals surface area contributed by atoms with Crippen LogP contribution in [0.1, 0.15) is 19.2 Å². The second kappa shape index (κ2) is 8.79. The first-order valence-electron chi connectivity index (χ1n) is 8.13. The van der Waals surface area contributed by atoms with Gasteiger partial charge in [-0.15, -0.1) is 11.3 Å². The lowest BCUT2D eigenvalue weighted by Crippen LogP contribution is -2.30. The first kappa shape index (κ1) is 19.1. The van der Waals surface area contributed by atoms with Crippen molar-refractivity contribution in [3.8, 4) is 10.7 Å². The summed E-state index contributed by atoms with van der Waals surface area (Å²) in [5, 5.41) is 9.01. The van der Waals surface area contributed by atoms with Crippen LogP contribution >= 0.6 is 22.9 Å². The van der Waals surface area contributed by atoms with Gasteiger partial charge in [0.25, 0.3) is 5.91 Å². The molecular weight excluding hydrogens is 390 g/mol. The van der Waals surface area contributed by atoms with Crippen LogP contribution in [0.3, 0.4) is 0 Å². The molecule has 0 saturated carbocycles. The van der Waals surface area contributed by atoms with E-state index in [1.807, 2.05) is 17.5 Å². The summed E-state index contributed by atoms with van der Waals surface area (Å²) in [6, 6.07) is 10.4. The van der Waals surface area contributed by atoms with Crippen LogP contribution in [-0.2, 0) is 20.7 Å². The third kappa shape index (κ3) is 5.38. The molecule has 0 aliphatic carbocycles. The number of nitrogens with one attached hydrogen (secondary N) is 1. The second-order valence-corrected chi connectivity index (χ2v) is 7.00. The van der Waals surface area contributed by atoms with Crippen LogP contribution in [0.4, 0.5) is 5.69 Å². The highest BCUT2D eigenvalue weighted by Gasteiger charge is 2.19. The SMILES string of the molecule is C[C@H](OC(=O)CCc1nc(-c2cccs2)no1)C(=O)Nc1ccc(Cl)cc1. The molecule has 0 bridgehead atoms. The lowest BCUT2D eigenvalue weighted by molar-refractivity contribution is -0.153. The molecular formula is C18H16ClN3O4S. The highest BCUT2D eigenvalue weighted by molar-refractivity contribution is 7.13. The molecule has 2 aromatic heterocycles. The largest absolute Gasteiger partial charge is 0.453 e. The Kier molecular flexibility index (Phi) is 6.20. The van der Waals surface area contributed by atoms with Crippen LogP contribution in [0.5, 0.6) is 0 Å². The van der Waals surface area contributed by atoms with Gasteiger partial charge in [0.05, 0.1) is 11.3 Å². The van der Waals surface area contributed by atoms with E-state index in [0.717, 1.165) is 4.88 Å². The predicted octanol–water partition coefficient (Wildman–Crippen LogP) is 3.95. The van der Waals surface area contributed by atoms with Crippen LogP contribution < -0.4 is 5.32 Å². The minimum atomic E-state index is -0.933. The highest BCUT2D eigenvalue weighted by atomic mass is 35.5. The maximum Gasteiger partial charge on any atom is 0.307 e. The van der Waals surface area contributed by atoms with Gasteiger partial charge in [0.1, 0.15) is 0 Å². The minimum absolute atomic E-state index is 0.0324. The average Bonchev–Trinajstić information content (AvgIpc) is 3.33. The summed E-state index contributed by atoms with van der Waals surface area (Å²) in [6.45, 7) is 1.50. The van der Waals surface area contributed by atoms with Gasteiger partial charge in [0, 0.05) is 17.1 Å². The summed E-state index contributed by atoms with van der Waals surface area (Å²) < 4.78 is 10.3. The van der Waals surface area contributed by atoms with Gasteiger partial charge >= 0.3 is 5.97 Å². The predicted molar refractivity (Wildman–Crippen MR) is 102 cm³/mol. The summed E-state index contributed by atoms with van der Waals surface area (Å²) in [5.41, 5.74) is 0.569. The van der Waals surface area contributed by atoms with Gasteiger partial charge in [-0.05, 0) is 42.6 Å². The Labute approximate surface area is 164 Å². The Hall–Kier alpha value is -2.71. The molecule has 0 aliphatic rings. The number of hydrogen-bond acceptors (Lipinski definition) is 7. The molecule has 1 N–H and O–H groups in total. The molecule has 1 atom stereocenters. The zero-order chi connectivity index (χ0) is 19.2. The zero-order valence-corrected chi connectivity index (χ0v) is 15.9. The van der Waals surface area contributed by atoms with Crippen molar-refractivity contribution in [2.75, 3.05) is 5.32 Å². The van der Waals surface area contributed by atoms with Gasteiger partial charge in [-0.2, -0.15) is 4.98 Å². The summed E-state index contributed by atoms with van der Waals surface area (Å²) in [7, 11) is 0. The first-order chi connectivity index (χ1) is 13.0. The third-order valence-electron chi connectivity index (χ3n) is 3.54. The number of thiophene rings is 1. The molecule has 2 heterocycles. The van der Waals surface area contributed by atoms with Crippen molar-refractivity contribution in [3.05, 3.63) is 52.7 Å². The van der Waals surface area contributed by atoms with E-state index in [2.05, 4.69) is 15.5 Å². The maximum absolute atomic E-state index is 12.1. The Morgan fingerprint density at radius 3 is 2.78 bits per heavy atom. The number of carbonyl (C=O) groups excluding carboxylic acids is 2. The molecule has 0 unspecified atom stereocenters. The molecule has 3 rings (SSSR count). The molecule has 0 saturated heterocycles. The van der Waals surface area contributed by atoms with Gasteiger partial charge in [-0.3, -0.25) is 9.59 Å². The average molecular weight is 406 g/mol. The fourth-order valence-electron chi connectivity index (χ4n) is 2.16. The molecule has 0 radical (unpaired) electrons. The number of esters is 1.